The Kier molecular flexibility index (Phi) is 8.68. The van der Waals surface area contributed by atoms with Gasteiger partial charge in [0.2, 0.25) is 10.0 Å². The molecule has 2 aliphatic heterocycles. The number of aryl methyl sites for hydroxylation is 3. The minimum atomic E-state index is -3.55. The van der Waals surface area contributed by atoms with E-state index >= 15 is 0 Å². The lowest BCUT2D eigenvalue weighted by molar-refractivity contribution is -0.0244. The minimum absolute atomic E-state index is 0.0349. The van der Waals surface area contributed by atoms with E-state index in [4.69, 9.17) is 4.74 Å². The van der Waals surface area contributed by atoms with Gasteiger partial charge in [-0.25, -0.2) is 8.42 Å². The largest absolute Gasteiger partial charge is 0.363 e. The number of rotatable bonds is 4. The van der Waals surface area contributed by atoms with Gasteiger partial charge in [-0.15, -0.1) is 0 Å². The summed E-state index contributed by atoms with van der Waals surface area (Å²) in [4.78, 5) is 2.44. The lowest BCUT2D eigenvalue weighted by Gasteiger charge is -2.40. The number of benzene rings is 1. The maximum absolute atomic E-state index is 13.7. The van der Waals surface area contributed by atoms with Crippen molar-refractivity contribution >= 4 is 15.7 Å². The summed E-state index contributed by atoms with van der Waals surface area (Å²) in [6.45, 7) is 10.1. The zero-order valence-electron chi connectivity index (χ0n) is 24.1. The van der Waals surface area contributed by atoms with Crippen molar-refractivity contribution in [2.24, 2.45) is 18.9 Å². The quantitative estimate of drug-likeness (QED) is 0.526. The number of nitrogens with zero attached hydrogens (tertiary/aromatic N) is 3. The molecule has 10 heteroatoms. The maximum Gasteiger partial charge on any atom is 0.216 e. The molecular formula is C29H46N6O3S. The van der Waals surface area contributed by atoms with Gasteiger partial charge in [-0.05, 0) is 68.1 Å². The van der Waals surface area contributed by atoms with Crippen LogP contribution in [-0.4, -0.2) is 55.2 Å². The fourth-order valence-electron chi connectivity index (χ4n) is 6.85. The molecule has 3 aliphatic rings. The zero-order chi connectivity index (χ0) is 27.7. The highest BCUT2D eigenvalue weighted by Gasteiger charge is 2.39. The third-order valence-electron chi connectivity index (χ3n) is 8.67. The van der Waals surface area contributed by atoms with Crippen molar-refractivity contribution in [3.05, 3.63) is 47.3 Å². The van der Waals surface area contributed by atoms with Crippen molar-refractivity contribution in [3.8, 4) is 0 Å². The number of hydrogen-bond acceptors (Lipinski definition) is 7. The van der Waals surface area contributed by atoms with Crippen LogP contribution in [0.5, 0.6) is 0 Å². The molecule has 5 unspecified atom stereocenters. The summed E-state index contributed by atoms with van der Waals surface area (Å²) >= 11 is 0. The average Bonchev–Trinajstić information content (AvgIpc) is 3.30. The van der Waals surface area contributed by atoms with Gasteiger partial charge in [0, 0.05) is 32.3 Å². The minimum Gasteiger partial charge on any atom is -0.363 e. The summed E-state index contributed by atoms with van der Waals surface area (Å²) < 4.78 is 38.9. The van der Waals surface area contributed by atoms with Crippen LogP contribution in [0.3, 0.4) is 0 Å². The van der Waals surface area contributed by atoms with Gasteiger partial charge < -0.3 is 9.64 Å². The lowest BCUT2D eigenvalue weighted by Crippen LogP contribution is -2.64. The van der Waals surface area contributed by atoms with Crippen LogP contribution < -0.4 is 20.3 Å². The smallest absolute Gasteiger partial charge is 0.216 e. The topological polar surface area (TPSA) is 101 Å². The molecule has 3 N–H and O–H groups in total. The molecule has 4 bridgehead atoms. The number of aromatic nitrogens is 2. The van der Waals surface area contributed by atoms with E-state index < -0.39 is 21.6 Å². The van der Waals surface area contributed by atoms with Crippen LogP contribution in [0.25, 0.3) is 0 Å². The first-order valence-electron chi connectivity index (χ1n) is 14.5. The van der Waals surface area contributed by atoms with E-state index in [1.165, 1.54) is 16.7 Å². The maximum atomic E-state index is 13.7. The van der Waals surface area contributed by atoms with Crippen LogP contribution in [0.2, 0.25) is 0 Å². The average molecular weight is 559 g/mol. The van der Waals surface area contributed by atoms with Crippen molar-refractivity contribution in [1.29, 1.82) is 0 Å². The van der Waals surface area contributed by atoms with Gasteiger partial charge in [-0.2, -0.15) is 9.82 Å². The van der Waals surface area contributed by atoms with Gasteiger partial charge >= 0.3 is 0 Å². The van der Waals surface area contributed by atoms with Crippen LogP contribution in [0.1, 0.15) is 75.1 Å². The van der Waals surface area contributed by atoms with Crippen LogP contribution in [0, 0.1) is 25.7 Å². The molecule has 39 heavy (non-hydrogen) atoms. The van der Waals surface area contributed by atoms with Crippen LogP contribution in [0.15, 0.2) is 30.6 Å². The molecule has 3 fully saturated rings. The second-order valence-corrected chi connectivity index (χ2v) is 14.3. The number of sulfonamides is 1. The van der Waals surface area contributed by atoms with Gasteiger partial charge in [-0.1, -0.05) is 38.5 Å². The molecule has 6 atom stereocenters. The molecule has 1 aromatic carbocycles. The van der Waals surface area contributed by atoms with Crippen LogP contribution in [0.4, 0.5) is 5.69 Å². The fraction of sp³-hybridized carbons (Fsp3) is 0.690. The Morgan fingerprint density at radius 1 is 1.13 bits per heavy atom. The predicted molar refractivity (Wildman–Crippen MR) is 155 cm³/mol. The molecule has 216 valence electrons. The Labute approximate surface area is 234 Å². The van der Waals surface area contributed by atoms with Gasteiger partial charge in [0.15, 0.2) is 0 Å². The van der Waals surface area contributed by atoms with Gasteiger partial charge in [-0.3, -0.25) is 15.3 Å². The second-order valence-electron chi connectivity index (χ2n) is 12.3. The molecule has 0 amide bonds. The Bertz CT molecular complexity index is 1210. The molecule has 1 saturated carbocycles. The molecule has 3 heterocycles. The van der Waals surface area contributed by atoms with Crippen molar-refractivity contribution in [3.63, 3.8) is 0 Å². The summed E-state index contributed by atoms with van der Waals surface area (Å²) in [5, 5.41) is 11.1. The van der Waals surface area contributed by atoms with Crippen molar-refractivity contribution in [1.82, 2.24) is 25.1 Å². The fourth-order valence-corrected chi connectivity index (χ4v) is 8.51. The van der Waals surface area contributed by atoms with E-state index in [1.54, 1.807) is 0 Å². The number of fused-ring (bicyclic) bond motifs is 4. The van der Waals surface area contributed by atoms with Gasteiger partial charge in [0.25, 0.3) is 0 Å². The van der Waals surface area contributed by atoms with Crippen molar-refractivity contribution < 1.29 is 13.2 Å². The number of hydrogen-bond donors (Lipinski definition) is 3. The van der Waals surface area contributed by atoms with Gasteiger partial charge in [0.05, 0.1) is 29.8 Å². The molecule has 1 aromatic heterocycles. The third-order valence-corrected chi connectivity index (χ3v) is 10.5. The molecule has 9 nitrogen and oxygen atoms in total. The number of ether oxygens (including phenoxy) is 1. The first-order valence-corrected chi connectivity index (χ1v) is 16.1. The predicted octanol–water partition coefficient (Wildman–Crippen LogP) is 3.70. The molecule has 0 radical (unpaired) electrons. The Balaban J connectivity index is 1.51. The van der Waals surface area contributed by atoms with E-state index in [-0.39, 0.29) is 18.3 Å². The molecule has 5 rings (SSSR count). The van der Waals surface area contributed by atoms with E-state index in [1.807, 2.05) is 17.9 Å². The Morgan fingerprint density at radius 3 is 2.59 bits per heavy atom. The van der Waals surface area contributed by atoms with Gasteiger partial charge in [0.1, 0.15) is 12.5 Å². The third kappa shape index (κ3) is 6.68. The summed E-state index contributed by atoms with van der Waals surface area (Å²) in [6.07, 6.45) is 8.11. The van der Waals surface area contributed by atoms with Crippen molar-refractivity contribution in [2.45, 2.75) is 96.1 Å². The summed E-state index contributed by atoms with van der Waals surface area (Å²) in [5.74, 6) is 0.782. The normalized spacial score (nSPS) is 31.8. The van der Waals surface area contributed by atoms with Crippen LogP contribution in [-0.2, 0) is 21.8 Å². The molecular weight excluding hydrogens is 512 g/mol. The zero-order valence-corrected chi connectivity index (χ0v) is 24.9. The SMILES string of the molecule is Cc1cccc(C)c1C1CC2NC(N1)NS(=O)(=O)C1CCCC(C1)CN(c1cnn(C)c1)[C@H](CC(C)C)CO2. The first-order chi connectivity index (χ1) is 18.6. The molecule has 0 spiro atoms. The summed E-state index contributed by atoms with van der Waals surface area (Å²) in [7, 11) is -1.60. The van der Waals surface area contributed by atoms with E-state index in [0.29, 0.717) is 37.7 Å². The second kappa shape index (κ2) is 11.9. The summed E-state index contributed by atoms with van der Waals surface area (Å²) in [6, 6.07) is 6.44. The number of nitrogens with one attached hydrogen (secondary N) is 3. The lowest BCUT2D eigenvalue weighted by atomic mass is 9.87. The number of anilines is 1. The van der Waals surface area contributed by atoms with E-state index in [0.717, 1.165) is 31.5 Å². The molecule has 2 aromatic rings. The molecule has 1 aliphatic carbocycles. The monoisotopic (exact) mass is 558 g/mol. The summed E-state index contributed by atoms with van der Waals surface area (Å²) in [5.41, 5.74) is 4.69. The first kappa shape index (κ1) is 28.5. The van der Waals surface area contributed by atoms with Crippen LogP contribution >= 0.6 is 0 Å². The Hall–Kier alpha value is -1.98. The van der Waals surface area contributed by atoms with Crippen molar-refractivity contribution in [2.75, 3.05) is 18.1 Å². The Morgan fingerprint density at radius 2 is 1.90 bits per heavy atom. The molecule has 2 saturated heterocycles. The van der Waals surface area contributed by atoms with E-state index in [2.05, 4.69) is 77.4 Å². The standard InChI is InChI=1S/C29H46N6O3S/c1-19(2)12-23-18-38-27-14-26(28-20(3)8-6-9-21(28)4)31-29(32-27)33-39(36,37)25-11-7-10-22(13-25)16-35(23)24-15-30-34(5)17-24/h6,8-9,15,17,19,22-23,25-27,29,31-33H,7,10-14,16,18H2,1-5H3/t22?,23-,25?,26?,27?,29?/m1/s1. The van der Waals surface area contributed by atoms with E-state index in [9.17, 15) is 8.42 Å². The highest BCUT2D eigenvalue weighted by Crippen LogP contribution is 2.34. The highest BCUT2D eigenvalue weighted by atomic mass is 32.2. The highest BCUT2D eigenvalue weighted by molar-refractivity contribution is 7.90.